The zero-order valence-corrected chi connectivity index (χ0v) is 13.0. The van der Waals surface area contributed by atoms with Crippen LogP contribution in [0.4, 0.5) is 5.69 Å². The lowest BCUT2D eigenvalue weighted by atomic mass is 9.90. The van der Waals surface area contributed by atoms with Crippen molar-refractivity contribution in [2.45, 2.75) is 35.8 Å². The molecule has 0 amide bonds. The first-order chi connectivity index (χ1) is 9.30. The van der Waals surface area contributed by atoms with Gasteiger partial charge in [0, 0.05) is 29.0 Å². The maximum absolute atomic E-state index is 6.07. The van der Waals surface area contributed by atoms with Gasteiger partial charge in [-0.25, -0.2) is 0 Å². The zero-order chi connectivity index (χ0) is 13.1. The minimum absolute atomic E-state index is 0.166. The van der Waals surface area contributed by atoms with E-state index in [0.717, 1.165) is 19.4 Å². The molecule has 1 aromatic rings. The number of thioether (sulfide) groups is 2. The van der Waals surface area contributed by atoms with Crippen LogP contribution >= 0.6 is 23.5 Å². The molecule has 1 N–H and O–H groups in total. The van der Waals surface area contributed by atoms with Crippen LogP contribution in [-0.2, 0) is 4.74 Å². The molecule has 2 fully saturated rings. The number of rotatable bonds is 3. The maximum Gasteiger partial charge on any atom is 0.0799 e. The van der Waals surface area contributed by atoms with E-state index in [1.165, 1.54) is 28.5 Å². The Morgan fingerprint density at radius 1 is 1.37 bits per heavy atom. The van der Waals surface area contributed by atoms with Gasteiger partial charge in [0.15, 0.2) is 0 Å². The molecular formula is C15H21NOS2. The summed E-state index contributed by atoms with van der Waals surface area (Å²) >= 11 is 3.83. The normalized spacial score (nSPS) is 30.7. The van der Waals surface area contributed by atoms with Gasteiger partial charge in [-0.05, 0) is 55.5 Å². The van der Waals surface area contributed by atoms with Gasteiger partial charge in [-0.2, -0.15) is 11.8 Å². The molecule has 0 aromatic heterocycles. The number of nitrogens with one attached hydrogen (secondary N) is 1. The molecule has 2 heterocycles. The molecule has 3 rings (SSSR count). The quantitative estimate of drug-likeness (QED) is 0.854. The smallest absolute Gasteiger partial charge is 0.0799 e. The summed E-state index contributed by atoms with van der Waals surface area (Å²) in [6.07, 6.45) is 5.62. The molecule has 2 aliphatic heterocycles. The maximum atomic E-state index is 6.07. The van der Waals surface area contributed by atoms with Crippen LogP contribution in [0.3, 0.4) is 0 Å². The van der Waals surface area contributed by atoms with Gasteiger partial charge in [-0.1, -0.05) is 0 Å². The molecule has 0 radical (unpaired) electrons. The Hall–Kier alpha value is -0.320. The van der Waals surface area contributed by atoms with Crippen LogP contribution in [0.1, 0.15) is 19.3 Å². The summed E-state index contributed by atoms with van der Waals surface area (Å²) in [6.45, 7) is 0.904. The largest absolute Gasteiger partial charge is 0.382 e. The molecule has 0 saturated carbocycles. The third-order valence-corrected chi connectivity index (χ3v) is 5.99. The summed E-state index contributed by atoms with van der Waals surface area (Å²) in [5, 5.41) is 3.68. The van der Waals surface area contributed by atoms with Gasteiger partial charge in [-0.15, -0.1) is 11.8 Å². The van der Waals surface area contributed by atoms with Crippen LogP contribution in [-0.4, -0.2) is 36.0 Å². The van der Waals surface area contributed by atoms with Gasteiger partial charge in [0.2, 0.25) is 0 Å². The Morgan fingerprint density at radius 3 is 2.89 bits per heavy atom. The lowest BCUT2D eigenvalue weighted by molar-refractivity contribution is -0.0628. The summed E-state index contributed by atoms with van der Waals surface area (Å²) in [5.74, 6) is 2.44. The van der Waals surface area contributed by atoms with E-state index in [-0.39, 0.29) is 5.60 Å². The first kappa shape index (κ1) is 13.7. The fraction of sp³-hybridized carbons (Fsp3) is 0.600. The van der Waals surface area contributed by atoms with E-state index in [2.05, 4.69) is 35.8 Å². The second-order valence-corrected chi connectivity index (χ2v) is 7.38. The predicted molar refractivity (Wildman–Crippen MR) is 85.5 cm³/mol. The van der Waals surface area contributed by atoms with Crippen LogP contribution in [0.15, 0.2) is 29.2 Å². The van der Waals surface area contributed by atoms with Gasteiger partial charge >= 0.3 is 0 Å². The van der Waals surface area contributed by atoms with E-state index in [1.54, 1.807) is 11.8 Å². The molecule has 1 spiro atoms. The number of hydrogen-bond donors (Lipinski definition) is 1. The molecule has 2 aliphatic rings. The first-order valence-electron chi connectivity index (χ1n) is 6.92. The summed E-state index contributed by atoms with van der Waals surface area (Å²) < 4.78 is 6.07. The van der Waals surface area contributed by atoms with E-state index in [1.807, 2.05) is 11.8 Å². The number of benzene rings is 1. The minimum atomic E-state index is 0.166. The highest BCUT2D eigenvalue weighted by Crippen LogP contribution is 2.39. The van der Waals surface area contributed by atoms with Crippen molar-refractivity contribution in [3.63, 3.8) is 0 Å². The van der Waals surface area contributed by atoms with Crippen molar-refractivity contribution in [3.05, 3.63) is 24.3 Å². The standard InChI is InChI=1S/C15H21NOS2/c1-18-14-4-2-12(3-5-14)16-13-6-8-17-15(10-13)7-9-19-11-15/h2-5,13,16H,6-11H2,1H3. The Morgan fingerprint density at radius 2 is 2.21 bits per heavy atom. The molecule has 0 aliphatic carbocycles. The molecule has 4 heteroatoms. The van der Waals surface area contributed by atoms with Gasteiger partial charge in [0.25, 0.3) is 0 Å². The average Bonchev–Trinajstić information content (AvgIpc) is 2.88. The van der Waals surface area contributed by atoms with E-state index in [9.17, 15) is 0 Å². The fourth-order valence-electron chi connectivity index (χ4n) is 2.94. The van der Waals surface area contributed by atoms with Crippen LogP contribution in [0, 0.1) is 0 Å². The number of ether oxygens (including phenoxy) is 1. The summed E-state index contributed by atoms with van der Waals surface area (Å²) in [5.41, 5.74) is 1.41. The Labute approximate surface area is 124 Å². The van der Waals surface area contributed by atoms with Crippen LogP contribution in [0.5, 0.6) is 0 Å². The third kappa shape index (κ3) is 3.23. The van der Waals surface area contributed by atoms with Gasteiger partial charge in [-0.3, -0.25) is 0 Å². The lowest BCUT2D eigenvalue weighted by Crippen LogP contribution is -2.44. The number of anilines is 1. The molecule has 2 unspecified atom stereocenters. The topological polar surface area (TPSA) is 21.3 Å². The average molecular weight is 295 g/mol. The molecule has 2 nitrogen and oxygen atoms in total. The SMILES string of the molecule is CSc1ccc(NC2CCOC3(CCSC3)C2)cc1. The molecule has 2 atom stereocenters. The van der Waals surface area contributed by atoms with Gasteiger partial charge in [0.05, 0.1) is 5.60 Å². The van der Waals surface area contributed by atoms with Crippen molar-refractivity contribution in [1.29, 1.82) is 0 Å². The Bertz CT molecular complexity index is 415. The predicted octanol–water partition coefficient (Wildman–Crippen LogP) is 3.88. The van der Waals surface area contributed by atoms with E-state index in [0.29, 0.717) is 6.04 Å². The van der Waals surface area contributed by atoms with Crippen molar-refractivity contribution >= 4 is 29.2 Å². The lowest BCUT2D eigenvalue weighted by Gasteiger charge is -2.38. The second kappa shape index (κ2) is 5.98. The van der Waals surface area contributed by atoms with Crippen molar-refractivity contribution in [2.24, 2.45) is 0 Å². The van der Waals surface area contributed by atoms with Crippen LogP contribution in [0.25, 0.3) is 0 Å². The molecule has 2 saturated heterocycles. The summed E-state index contributed by atoms with van der Waals surface area (Å²) in [4.78, 5) is 1.32. The highest BCUT2D eigenvalue weighted by Gasteiger charge is 2.40. The fourth-order valence-corrected chi connectivity index (χ4v) is 4.72. The molecular weight excluding hydrogens is 274 g/mol. The highest BCUT2D eigenvalue weighted by atomic mass is 32.2. The first-order valence-corrected chi connectivity index (χ1v) is 9.30. The number of hydrogen-bond acceptors (Lipinski definition) is 4. The molecule has 1 aromatic carbocycles. The van der Waals surface area contributed by atoms with Crippen LogP contribution < -0.4 is 5.32 Å². The minimum Gasteiger partial charge on any atom is -0.382 e. The van der Waals surface area contributed by atoms with Crippen molar-refractivity contribution < 1.29 is 4.74 Å². The molecule has 104 valence electrons. The Kier molecular flexibility index (Phi) is 4.30. The van der Waals surface area contributed by atoms with E-state index < -0.39 is 0 Å². The van der Waals surface area contributed by atoms with Crippen molar-refractivity contribution in [3.8, 4) is 0 Å². The third-order valence-electron chi connectivity index (χ3n) is 4.02. The molecule has 19 heavy (non-hydrogen) atoms. The summed E-state index contributed by atoms with van der Waals surface area (Å²) in [7, 11) is 0. The van der Waals surface area contributed by atoms with Crippen LogP contribution in [0.2, 0.25) is 0 Å². The zero-order valence-electron chi connectivity index (χ0n) is 11.4. The monoisotopic (exact) mass is 295 g/mol. The second-order valence-electron chi connectivity index (χ2n) is 5.40. The van der Waals surface area contributed by atoms with Gasteiger partial charge < -0.3 is 10.1 Å². The van der Waals surface area contributed by atoms with Gasteiger partial charge in [0.1, 0.15) is 0 Å². The van der Waals surface area contributed by atoms with E-state index >= 15 is 0 Å². The molecule has 0 bridgehead atoms. The highest BCUT2D eigenvalue weighted by molar-refractivity contribution is 7.99. The summed E-state index contributed by atoms with van der Waals surface area (Å²) in [6, 6.07) is 9.32. The Balaban J connectivity index is 1.62. The van der Waals surface area contributed by atoms with Crippen molar-refractivity contribution in [1.82, 2.24) is 0 Å². The van der Waals surface area contributed by atoms with E-state index in [4.69, 9.17) is 4.74 Å². The van der Waals surface area contributed by atoms with Crippen molar-refractivity contribution in [2.75, 3.05) is 29.7 Å².